The van der Waals surface area contributed by atoms with Gasteiger partial charge in [-0.1, -0.05) is 57.6 Å². The number of aliphatic hydroxyl groups is 4. The molecule has 0 bridgehead atoms. The summed E-state index contributed by atoms with van der Waals surface area (Å²) < 4.78 is 0. The van der Waals surface area contributed by atoms with E-state index in [4.69, 9.17) is 0 Å². The van der Waals surface area contributed by atoms with Crippen LogP contribution in [0.4, 0.5) is 0 Å². The molecule has 1 fully saturated rings. The Bertz CT molecular complexity index is 888. The zero-order valence-electron chi connectivity index (χ0n) is 25.3. The molecule has 2 aliphatic carbocycles. The summed E-state index contributed by atoms with van der Waals surface area (Å²) in [6, 6.07) is 2.06. The molecule has 2 aliphatic rings. The first kappa shape index (κ1) is 33.8. The van der Waals surface area contributed by atoms with E-state index in [9.17, 15) is 30.3 Å². The van der Waals surface area contributed by atoms with E-state index in [1.54, 1.807) is 0 Å². The van der Waals surface area contributed by atoms with Crippen LogP contribution < -0.4 is 0 Å². The molecule has 3 rings (SSSR count). The number of carboxylic acid groups (broad SMARTS) is 1. The van der Waals surface area contributed by atoms with Gasteiger partial charge in [0.2, 0.25) is 0 Å². The maximum absolute atomic E-state index is 12.0. The number of hydrogen-bond acceptors (Lipinski definition) is 5. The highest BCUT2D eigenvalue weighted by atomic mass is 16.4. The van der Waals surface area contributed by atoms with E-state index in [2.05, 4.69) is 30.1 Å². The fraction of sp³-hybridized carbons (Fsp3) is 0.794. The van der Waals surface area contributed by atoms with E-state index in [-0.39, 0.29) is 25.0 Å². The van der Waals surface area contributed by atoms with Crippen molar-refractivity contribution < 1.29 is 30.3 Å². The van der Waals surface area contributed by atoms with Crippen LogP contribution in [-0.4, -0.2) is 60.9 Å². The van der Waals surface area contributed by atoms with Gasteiger partial charge in [-0.15, -0.1) is 0 Å². The standard InChI is InChI=1S/C34H57NO6/c1-2-3-5-9-25-13-14-27(32(38)21-25)10-6-4-7-12-30(33(39)40)31(37)15-17-34(41)22-28(11-8-19-36)29(23-34)20-26-16-18-35-24-26/h13-14,16,18,24-25,27-32,35-38,41H,2-12,15,17,19-23H2,1H3,(H,39,40)/t25-,27-,28-,29-,30+,31-,32-,34+/m1/s1. The number of aromatic nitrogens is 1. The lowest BCUT2D eigenvalue weighted by Gasteiger charge is -2.28. The Morgan fingerprint density at radius 2 is 1.80 bits per heavy atom. The van der Waals surface area contributed by atoms with Gasteiger partial charge in [0, 0.05) is 24.9 Å². The van der Waals surface area contributed by atoms with Crippen molar-refractivity contribution >= 4 is 5.97 Å². The first-order chi connectivity index (χ1) is 19.7. The van der Waals surface area contributed by atoms with Gasteiger partial charge < -0.3 is 30.5 Å². The lowest BCUT2D eigenvalue weighted by Crippen LogP contribution is -2.32. The number of H-pyrrole nitrogens is 1. The second kappa shape index (κ2) is 17.4. The topological polar surface area (TPSA) is 134 Å². The van der Waals surface area contributed by atoms with Crippen LogP contribution >= 0.6 is 0 Å². The number of rotatable bonds is 20. The molecule has 0 saturated heterocycles. The third-order valence-corrected chi connectivity index (χ3v) is 9.93. The van der Waals surface area contributed by atoms with Gasteiger partial charge in [-0.25, -0.2) is 0 Å². The van der Waals surface area contributed by atoms with Crippen LogP contribution in [0.15, 0.2) is 30.6 Å². The zero-order valence-corrected chi connectivity index (χ0v) is 25.3. The Kier molecular flexibility index (Phi) is 14.4. The Morgan fingerprint density at radius 3 is 2.49 bits per heavy atom. The number of aliphatic carboxylic acids is 1. The van der Waals surface area contributed by atoms with Crippen LogP contribution in [0, 0.1) is 29.6 Å². The predicted octanol–water partition coefficient (Wildman–Crippen LogP) is 6.01. The largest absolute Gasteiger partial charge is 0.481 e. The van der Waals surface area contributed by atoms with Crippen LogP contribution in [0.5, 0.6) is 0 Å². The monoisotopic (exact) mass is 575 g/mol. The zero-order chi connectivity index (χ0) is 29.7. The average Bonchev–Trinajstić information content (AvgIpc) is 3.56. The van der Waals surface area contributed by atoms with Crippen molar-refractivity contribution in [3.8, 4) is 0 Å². The second-order valence-electron chi connectivity index (χ2n) is 13.2. The van der Waals surface area contributed by atoms with Crippen LogP contribution in [0.1, 0.15) is 115 Å². The van der Waals surface area contributed by atoms with E-state index < -0.39 is 23.6 Å². The summed E-state index contributed by atoms with van der Waals surface area (Å²) in [6.07, 6.45) is 21.1. The second-order valence-corrected chi connectivity index (χ2v) is 13.2. The van der Waals surface area contributed by atoms with Crippen molar-refractivity contribution in [1.82, 2.24) is 4.98 Å². The smallest absolute Gasteiger partial charge is 0.309 e. The average molecular weight is 576 g/mol. The lowest BCUT2D eigenvalue weighted by atomic mass is 9.81. The van der Waals surface area contributed by atoms with Gasteiger partial charge in [0.05, 0.1) is 23.7 Å². The highest BCUT2D eigenvalue weighted by Gasteiger charge is 2.44. The molecule has 0 unspecified atom stereocenters. The Hall–Kier alpha value is -1.67. The highest BCUT2D eigenvalue weighted by Crippen LogP contribution is 2.46. The molecule has 0 spiro atoms. The number of carboxylic acids is 1. The molecule has 0 radical (unpaired) electrons. The number of hydrogen-bond donors (Lipinski definition) is 6. The molecule has 1 aromatic rings. The molecular formula is C34H57NO6. The van der Waals surface area contributed by atoms with Crippen LogP contribution in [0.25, 0.3) is 0 Å². The summed E-state index contributed by atoms with van der Waals surface area (Å²) >= 11 is 0. The summed E-state index contributed by atoms with van der Waals surface area (Å²) in [5, 5.41) is 52.1. The normalized spacial score (nSPS) is 29.5. The maximum atomic E-state index is 12.0. The van der Waals surface area contributed by atoms with Crippen molar-refractivity contribution in [3.05, 3.63) is 36.2 Å². The molecule has 8 atom stereocenters. The lowest BCUT2D eigenvalue weighted by molar-refractivity contribution is -0.146. The minimum absolute atomic E-state index is 0.141. The molecule has 0 amide bonds. The maximum Gasteiger partial charge on any atom is 0.309 e. The minimum Gasteiger partial charge on any atom is -0.481 e. The molecule has 0 aliphatic heterocycles. The summed E-state index contributed by atoms with van der Waals surface area (Å²) in [6.45, 7) is 2.35. The molecule has 6 N–H and O–H groups in total. The summed E-state index contributed by atoms with van der Waals surface area (Å²) in [7, 11) is 0. The van der Waals surface area contributed by atoms with Crippen molar-refractivity contribution in [2.45, 2.75) is 134 Å². The molecule has 1 aromatic heterocycles. The summed E-state index contributed by atoms with van der Waals surface area (Å²) in [5.74, 6) is -0.512. The SMILES string of the molecule is CCCCC[C@@H]1C=C[C@@H](CCCCC[C@H](C(=O)O)[C@H](O)CC[C@]2(O)C[C@@H](CCCO)[C@H](Cc3cc[nH]c3)C2)[C@H](O)C1. The van der Waals surface area contributed by atoms with Gasteiger partial charge in [0.1, 0.15) is 0 Å². The van der Waals surface area contributed by atoms with Crippen LogP contribution in [-0.2, 0) is 11.2 Å². The Balaban J connectivity index is 1.40. The predicted molar refractivity (Wildman–Crippen MR) is 162 cm³/mol. The fourth-order valence-corrected chi connectivity index (χ4v) is 7.49. The third kappa shape index (κ3) is 11.2. The Morgan fingerprint density at radius 1 is 1.02 bits per heavy atom. The highest BCUT2D eigenvalue weighted by molar-refractivity contribution is 5.70. The van der Waals surface area contributed by atoms with Gasteiger partial charge in [-0.2, -0.15) is 0 Å². The summed E-state index contributed by atoms with van der Waals surface area (Å²) in [5.41, 5.74) is 0.300. The van der Waals surface area contributed by atoms with Crippen molar-refractivity contribution in [1.29, 1.82) is 0 Å². The van der Waals surface area contributed by atoms with Gasteiger partial charge in [0.15, 0.2) is 0 Å². The van der Waals surface area contributed by atoms with Gasteiger partial charge in [-0.05, 0) is 100 Å². The van der Waals surface area contributed by atoms with E-state index in [0.717, 1.165) is 51.4 Å². The molecule has 1 saturated carbocycles. The van der Waals surface area contributed by atoms with Crippen molar-refractivity contribution in [3.63, 3.8) is 0 Å². The molecule has 0 aromatic carbocycles. The van der Waals surface area contributed by atoms with Crippen LogP contribution in [0.3, 0.4) is 0 Å². The number of aliphatic hydroxyl groups excluding tert-OH is 3. The van der Waals surface area contributed by atoms with E-state index in [1.807, 2.05) is 12.4 Å². The van der Waals surface area contributed by atoms with E-state index >= 15 is 0 Å². The van der Waals surface area contributed by atoms with E-state index in [0.29, 0.717) is 49.9 Å². The van der Waals surface area contributed by atoms with Gasteiger partial charge >= 0.3 is 5.97 Å². The molecule has 41 heavy (non-hydrogen) atoms. The fourth-order valence-electron chi connectivity index (χ4n) is 7.49. The molecule has 7 nitrogen and oxygen atoms in total. The molecular weight excluding hydrogens is 518 g/mol. The van der Waals surface area contributed by atoms with E-state index in [1.165, 1.54) is 24.8 Å². The van der Waals surface area contributed by atoms with Crippen LogP contribution in [0.2, 0.25) is 0 Å². The number of unbranched alkanes of at least 4 members (excludes halogenated alkanes) is 4. The molecule has 7 heteroatoms. The minimum atomic E-state index is -0.983. The number of nitrogens with one attached hydrogen (secondary N) is 1. The first-order valence-electron chi connectivity index (χ1n) is 16.5. The summed E-state index contributed by atoms with van der Waals surface area (Å²) in [4.78, 5) is 15.1. The number of aromatic amines is 1. The Labute approximate surface area is 247 Å². The third-order valence-electron chi connectivity index (χ3n) is 9.93. The van der Waals surface area contributed by atoms with Crippen molar-refractivity contribution in [2.75, 3.05) is 6.61 Å². The molecule has 1 heterocycles. The quantitative estimate of drug-likeness (QED) is 0.0833. The van der Waals surface area contributed by atoms with Gasteiger partial charge in [-0.3, -0.25) is 4.79 Å². The molecule has 234 valence electrons. The number of carbonyl (C=O) groups is 1. The van der Waals surface area contributed by atoms with Gasteiger partial charge in [0.25, 0.3) is 0 Å². The first-order valence-corrected chi connectivity index (χ1v) is 16.5. The number of allylic oxidation sites excluding steroid dienone is 1. The van der Waals surface area contributed by atoms with Crippen molar-refractivity contribution in [2.24, 2.45) is 29.6 Å².